The summed E-state index contributed by atoms with van der Waals surface area (Å²) >= 11 is 0. The lowest BCUT2D eigenvalue weighted by molar-refractivity contribution is -0.431. The third-order valence-corrected chi connectivity index (χ3v) is 4.36. The molecule has 0 saturated heterocycles. The maximum atomic E-state index is 12.3. The van der Waals surface area contributed by atoms with E-state index in [0.717, 1.165) is 0 Å². The van der Waals surface area contributed by atoms with Gasteiger partial charge < -0.3 is 14.8 Å². The maximum Gasteiger partial charge on any atom is 0.336 e. The van der Waals surface area contributed by atoms with Gasteiger partial charge >= 0.3 is 5.97 Å². The van der Waals surface area contributed by atoms with Crippen molar-refractivity contribution >= 4 is 11.7 Å². The van der Waals surface area contributed by atoms with E-state index in [1.165, 1.54) is 38.5 Å². The number of nitrogens with zero attached hydrogens (tertiary/aromatic N) is 2. The number of benzene rings is 1. The first kappa shape index (κ1) is 20.0. The minimum Gasteiger partial charge on any atom is -0.466 e. The zero-order valence-electron chi connectivity index (χ0n) is 15.2. The molecule has 1 aliphatic rings. The highest BCUT2D eigenvalue weighted by Gasteiger charge is 2.43. The van der Waals surface area contributed by atoms with Gasteiger partial charge in [0.05, 0.1) is 22.5 Å². The van der Waals surface area contributed by atoms with Crippen molar-refractivity contribution in [3.63, 3.8) is 0 Å². The summed E-state index contributed by atoms with van der Waals surface area (Å²) in [5.74, 6) is -1.80. The summed E-state index contributed by atoms with van der Waals surface area (Å²) in [7, 11) is 2.59. The predicted molar refractivity (Wildman–Crippen MR) is 94.2 cm³/mol. The minimum absolute atomic E-state index is 0.0603. The van der Waals surface area contributed by atoms with Gasteiger partial charge in [-0.3, -0.25) is 20.2 Å². The van der Waals surface area contributed by atoms with E-state index in [2.05, 4.69) is 5.32 Å². The number of nitro groups is 2. The van der Waals surface area contributed by atoms with Crippen LogP contribution in [0.2, 0.25) is 0 Å². The fraction of sp³-hybridized carbons (Fsp3) is 0.353. The number of methoxy groups -OCH3 is 2. The Morgan fingerprint density at radius 2 is 1.74 bits per heavy atom. The first-order valence-corrected chi connectivity index (χ1v) is 7.94. The average Bonchev–Trinajstić information content (AvgIpc) is 2.65. The Morgan fingerprint density at radius 1 is 1.15 bits per heavy atom. The molecule has 10 nitrogen and oxygen atoms in total. The molecule has 1 aromatic rings. The van der Waals surface area contributed by atoms with Crippen LogP contribution < -0.4 is 5.32 Å². The molecule has 0 radical (unpaired) electrons. The highest BCUT2D eigenvalue weighted by Crippen LogP contribution is 2.40. The zero-order valence-corrected chi connectivity index (χ0v) is 15.2. The molecule has 0 amide bonds. The quantitative estimate of drug-likeness (QED) is 0.453. The van der Waals surface area contributed by atoms with Crippen molar-refractivity contribution in [3.05, 3.63) is 72.7 Å². The van der Waals surface area contributed by atoms with Gasteiger partial charge in [0.2, 0.25) is 0 Å². The summed E-state index contributed by atoms with van der Waals surface area (Å²) < 4.78 is 10.0. The number of hydrogen-bond acceptors (Lipinski definition) is 8. The van der Waals surface area contributed by atoms with Gasteiger partial charge in [-0.2, -0.15) is 0 Å². The monoisotopic (exact) mass is 377 g/mol. The Kier molecular flexibility index (Phi) is 5.91. The fourth-order valence-electron chi connectivity index (χ4n) is 2.97. The lowest BCUT2D eigenvalue weighted by atomic mass is 9.83. The second-order valence-corrected chi connectivity index (χ2v) is 5.87. The molecular formula is C17H19N3O7. The van der Waals surface area contributed by atoms with Crippen LogP contribution in [0.4, 0.5) is 5.69 Å². The van der Waals surface area contributed by atoms with Crippen LogP contribution in [0.5, 0.6) is 0 Å². The van der Waals surface area contributed by atoms with Gasteiger partial charge in [-0.25, -0.2) is 4.79 Å². The summed E-state index contributed by atoms with van der Waals surface area (Å²) in [6.45, 7) is 3.24. The molecule has 10 heteroatoms. The molecular weight excluding hydrogens is 358 g/mol. The van der Waals surface area contributed by atoms with Gasteiger partial charge in [0.1, 0.15) is 17.7 Å². The number of hydrogen-bond donors (Lipinski definition) is 1. The van der Waals surface area contributed by atoms with Crippen molar-refractivity contribution in [2.45, 2.75) is 25.9 Å². The number of allylic oxidation sites excluding steroid dienone is 2. The molecule has 1 heterocycles. The van der Waals surface area contributed by atoms with Crippen molar-refractivity contribution < 1.29 is 24.1 Å². The van der Waals surface area contributed by atoms with Gasteiger partial charge in [0, 0.05) is 24.9 Å². The fourth-order valence-corrected chi connectivity index (χ4v) is 2.97. The summed E-state index contributed by atoms with van der Waals surface area (Å²) in [4.78, 5) is 34.0. The van der Waals surface area contributed by atoms with E-state index in [1.54, 1.807) is 13.8 Å². The van der Waals surface area contributed by atoms with Crippen molar-refractivity contribution in [1.29, 1.82) is 0 Å². The Hall–Kier alpha value is -3.27. The highest BCUT2D eigenvalue weighted by atomic mass is 16.6. The zero-order chi connectivity index (χ0) is 20.3. The van der Waals surface area contributed by atoms with Crippen LogP contribution in [0, 0.1) is 20.2 Å². The second kappa shape index (κ2) is 7.96. The molecule has 0 aliphatic carbocycles. The van der Waals surface area contributed by atoms with Crippen LogP contribution in [-0.4, -0.2) is 36.1 Å². The number of carbonyl (C=O) groups is 1. The normalized spacial score (nSPS) is 18.0. The van der Waals surface area contributed by atoms with Gasteiger partial charge in [-0.05, 0) is 19.4 Å². The molecule has 0 aromatic heterocycles. The number of esters is 1. The van der Waals surface area contributed by atoms with Crippen LogP contribution in [-0.2, 0) is 14.3 Å². The van der Waals surface area contributed by atoms with E-state index in [9.17, 15) is 25.0 Å². The minimum atomic E-state index is -1.07. The van der Waals surface area contributed by atoms with Gasteiger partial charge in [0.15, 0.2) is 0 Å². The van der Waals surface area contributed by atoms with Crippen molar-refractivity contribution in [2.75, 3.05) is 14.2 Å². The first-order valence-electron chi connectivity index (χ1n) is 7.94. The molecule has 2 unspecified atom stereocenters. The average molecular weight is 377 g/mol. The molecule has 0 bridgehead atoms. The molecule has 1 N–H and O–H groups in total. The van der Waals surface area contributed by atoms with Crippen LogP contribution >= 0.6 is 0 Å². The third kappa shape index (κ3) is 3.80. The molecule has 2 atom stereocenters. The number of dihydropyridines is 1. The molecule has 0 fully saturated rings. The molecule has 1 aliphatic heterocycles. The SMILES string of the molecule is COC(=O)C1=C(C)NC(C(C)OC)=C([N+](=O)[O-])C1c1ccc([N+](=O)[O-])cc1. The van der Waals surface area contributed by atoms with Crippen molar-refractivity contribution in [3.8, 4) is 0 Å². The van der Waals surface area contributed by atoms with Crippen LogP contribution in [0.3, 0.4) is 0 Å². The van der Waals surface area contributed by atoms with E-state index >= 15 is 0 Å². The number of rotatable bonds is 6. The Morgan fingerprint density at radius 3 is 2.19 bits per heavy atom. The Balaban J connectivity index is 2.73. The molecule has 1 aromatic carbocycles. The number of ether oxygens (including phenoxy) is 2. The van der Waals surface area contributed by atoms with E-state index in [4.69, 9.17) is 9.47 Å². The van der Waals surface area contributed by atoms with Gasteiger partial charge in [-0.1, -0.05) is 12.1 Å². The lowest BCUT2D eigenvalue weighted by Crippen LogP contribution is -2.36. The topological polar surface area (TPSA) is 134 Å². The van der Waals surface area contributed by atoms with Crippen molar-refractivity contribution in [1.82, 2.24) is 5.32 Å². The number of carbonyl (C=O) groups excluding carboxylic acids is 1. The molecule has 27 heavy (non-hydrogen) atoms. The number of non-ortho nitro benzene ring substituents is 1. The van der Waals surface area contributed by atoms with Gasteiger partial charge in [0.25, 0.3) is 11.4 Å². The summed E-state index contributed by atoms with van der Waals surface area (Å²) in [6.07, 6.45) is -0.639. The number of nitrogens with one attached hydrogen (secondary N) is 1. The van der Waals surface area contributed by atoms with Crippen LogP contribution in [0.25, 0.3) is 0 Å². The molecule has 144 valence electrons. The lowest BCUT2D eigenvalue weighted by Gasteiger charge is -2.29. The molecule has 0 spiro atoms. The Bertz CT molecular complexity index is 843. The van der Waals surface area contributed by atoms with E-state index in [1.807, 2.05) is 0 Å². The smallest absolute Gasteiger partial charge is 0.336 e. The van der Waals surface area contributed by atoms with E-state index in [-0.39, 0.29) is 22.7 Å². The maximum absolute atomic E-state index is 12.3. The van der Waals surface area contributed by atoms with Gasteiger partial charge in [-0.15, -0.1) is 0 Å². The summed E-state index contributed by atoms with van der Waals surface area (Å²) in [6, 6.07) is 5.25. The second-order valence-electron chi connectivity index (χ2n) is 5.87. The number of nitro benzene ring substituents is 1. The summed E-state index contributed by atoms with van der Waals surface area (Å²) in [5, 5.41) is 25.6. The molecule has 0 saturated carbocycles. The van der Waals surface area contributed by atoms with E-state index < -0.39 is 27.8 Å². The first-order chi connectivity index (χ1) is 12.7. The van der Waals surface area contributed by atoms with Crippen molar-refractivity contribution in [2.24, 2.45) is 0 Å². The highest BCUT2D eigenvalue weighted by molar-refractivity contribution is 5.92. The largest absolute Gasteiger partial charge is 0.466 e. The van der Waals surface area contributed by atoms with Crippen LogP contribution in [0.1, 0.15) is 25.3 Å². The summed E-state index contributed by atoms with van der Waals surface area (Å²) in [5.41, 5.74) is 0.569. The Labute approximate surface area is 154 Å². The van der Waals surface area contributed by atoms with Crippen LogP contribution in [0.15, 0.2) is 46.9 Å². The standard InChI is InChI=1S/C17H19N3O7/c1-9-13(17(21)27-4)14(11-5-7-12(8-6-11)19(22)23)16(20(24)25)15(18-9)10(2)26-3/h5-8,10,14,18H,1-4H3. The third-order valence-electron chi connectivity index (χ3n) is 4.36. The predicted octanol–water partition coefficient (Wildman–Crippen LogP) is 2.25. The van der Waals surface area contributed by atoms with E-state index in [0.29, 0.717) is 11.3 Å². The molecule has 2 rings (SSSR count).